The number of benzene rings is 2. The molecule has 43 heavy (non-hydrogen) atoms. The molecular formula is C33H48B2O8. The summed E-state index contributed by atoms with van der Waals surface area (Å²) in [5, 5.41) is 0. The van der Waals surface area contributed by atoms with Gasteiger partial charge >= 0.3 is 14.2 Å². The van der Waals surface area contributed by atoms with Gasteiger partial charge in [-0.3, -0.25) is 0 Å². The Morgan fingerprint density at radius 2 is 0.884 bits per heavy atom. The molecule has 5 rings (SSSR count). The normalized spacial score (nSPS) is 22.2. The van der Waals surface area contributed by atoms with Gasteiger partial charge in [-0.25, -0.2) is 0 Å². The molecule has 234 valence electrons. The summed E-state index contributed by atoms with van der Waals surface area (Å²) < 4.78 is 49.1. The Labute approximate surface area is 258 Å². The number of hydrogen-bond donors (Lipinski definition) is 0. The summed E-state index contributed by atoms with van der Waals surface area (Å²) in [6.45, 7) is 19.3. The highest BCUT2D eigenvalue weighted by Gasteiger charge is 2.54. The van der Waals surface area contributed by atoms with E-state index in [9.17, 15) is 0 Å². The summed E-state index contributed by atoms with van der Waals surface area (Å²) >= 11 is 0. The van der Waals surface area contributed by atoms with Crippen molar-refractivity contribution in [3.05, 3.63) is 47.5 Å². The van der Waals surface area contributed by atoms with Gasteiger partial charge in [0, 0.05) is 14.2 Å². The van der Waals surface area contributed by atoms with E-state index in [1.54, 1.807) is 14.2 Å². The van der Waals surface area contributed by atoms with Crippen LogP contribution in [0.2, 0.25) is 0 Å². The summed E-state index contributed by atoms with van der Waals surface area (Å²) in [7, 11) is 2.39. The third kappa shape index (κ3) is 5.86. The summed E-state index contributed by atoms with van der Waals surface area (Å²) in [5.74, 6) is 0. The molecule has 0 radical (unpaired) electrons. The Bertz CT molecular complexity index is 1180. The van der Waals surface area contributed by atoms with Crippen LogP contribution in [0.15, 0.2) is 36.4 Å². The van der Waals surface area contributed by atoms with Crippen LogP contribution in [0.1, 0.15) is 66.5 Å². The van der Waals surface area contributed by atoms with Crippen molar-refractivity contribution in [2.75, 3.05) is 53.9 Å². The Kier molecular flexibility index (Phi) is 9.02. The van der Waals surface area contributed by atoms with Gasteiger partial charge in [0.15, 0.2) is 0 Å². The maximum atomic E-state index is 6.46. The highest BCUT2D eigenvalue weighted by Crippen LogP contribution is 2.49. The summed E-state index contributed by atoms with van der Waals surface area (Å²) in [6.07, 6.45) is 0. The monoisotopic (exact) mass is 594 g/mol. The van der Waals surface area contributed by atoms with E-state index in [4.69, 9.17) is 37.6 Å². The second kappa shape index (κ2) is 11.9. The van der Waals surface area contributed by atoms with Gasteiger partial charge < -0.3 is 37.6 Å². The highest BCUT2D eigenvalue weighted by atomic mass is 16.7. The van der Waals surface area contributed by atoms with Crippen molar-refractivity contribution >= 4 is 25.2 Å². The predicted octanol–water partition coefficient (Wildman–Crippen LogP) is 3.88. The van der Waals surface area contributed by atoms with Gasteiger partial charge in [-0.15, -0.1) is 0 Å². The molecule has 2 aromatic carbocycles. The molecule has 10 heteroatoms. The first-order valence-electron chi connectivity index (χ1n) is 15.3. The molecule has 0 spiro atoms. The van der Waals surface area contributed by atoms with Gasteiger partial charge in [0.05, 0.1) is 67.5 Å². The second-order valence-electron chi connectivity index (χ2n) is 14.0. The first-order valence-corrected chi connectivity index (χ1v) is 15.3. The van der Waals surface area contributed by atoms with Crippen LogP contribution >= 0.6 is 0 Å². The van der Waals surface area contributed by atoms with Crippen LogP contribution in [-0.2, 0) is 43.0 Å². The molecule has 0 bridgehead atoms. The van der Waals surface area contributed by atoms with E-state index in [0.29, 0.717) is 39.6 Å². The molecule has 2 fully saturated rings. The third-order valence-electron chi connectivity index (χ3n) is 10.0. The van der Waals surface area contributed by atoms with Gasteiger partial charge in [0.2, 0.25) is 0 Å². The third-order valence-corrected chi connectivity index (χ3v) is 10.0. The van der Waals surface area contributed by atoms with E-state index in [1.807, 2.05) is 0 Å². The highest BCUT2D eigenvalue weighted by molar-refractivity contribution is 6.62. The Morgan fingerprint density at radius 3 is 1.21 bits per heavy atom. The molecule has 0 aromatic heterocycles. The average Bonchev–Trinajstić information content (AvgIpc) is 3.43. The van der Waals surface area contributed by atoms with Crippen molar-refractivity contribution in [1.82, 2.24) is 0 Å². The van der Waals surface area contributed by atoms with Crippen LogP contribution in [0.3, 0.4) is 0 Å². The minimum Gasteiger partial charge on any atom is -0.399 e. The lowest BCUT2D eigenvalue weighted by Crippen LogP contribution is -2.41. The summed E-state index contributed by atoms with van der Waals surface area (Å²) in [4.78, 5) is 0. The van der Waals surface area contributed by atoms with Gasteiger partial charge in [-0.2, -0.15) is 0 Å². The fourth-order valence-electron chi connectivity index (χ4n) is 5.91. The number of rotatable bonds is 12. The lowest BCUT2D eigenvalue weighted by molar-refractivity contribution is 0.00533. The van der Waals surface area contributed by atoms with E-state index < -0.39 is 42.1 Å². The van der Waals surface area contributed by atoms with E-state index in [1.165, 1.54) is 0 Å². The standard InChI is InChI=1S/C33H48B2O8/c1-29(2)30(3,4)41-34(40-29)23-11-13-25-26-14-12-24(35-42-31(5,6)32(7,8)43-35)20-28(26)33(27(25)19-23,21-38-17-15-36-9)22-39-18-16-37-10/h11-14,19-20H,15-18,21-22H2,1-10H3. The maximum absolute atomic E-state index is 6.46. The zero-order valence-corrected chi connectivity index (χ0v) is 27.6. The smallest absolute Gasteiger partial charge is 0.399 e. The maximum Gasteiger partial charge on any atom is 0.494 e. The van der Waals surface area contributed by atoms with Crippen LogP contribution in [-0.4, -0.2) is 90.5 Å². The molecule has 0 saturated carbocycles. The van der Waals surface area contributed by atoms with Crippen LogP contribution in [0.4, 0.5) is 0 Å². The van der Waals surface area contributed by atoms with Crippen LogP contribution < -0.4 is 10.9 Å². The molecule has 2 aromatic rings. The molecule has 1 aliphatic carbocycles. The van der Waals surface area contributed by atoms with Crippen molar-refractivity contribution in [1.29, 1.82) is 0 Å². The number of methoxy groups -OCH3 is 2. The minimum atomic E-state index is -0.606. The fraction of sp³-hybridized carbons (Fsp3) is 0.636. The molecule has 2 heterocycles. The van der Waals surface area contributed by atoms with Crippen LogP contribution in [0.25, 0.3) is 11.1 Å². The Balaban J connectivity index is 1.60. The average molecular weight is 594 g/mol. The Morgan fingerprint density at radius 1 is 0.535 bits per heavy atom. The van der Waals surface area contributed by atoms with Gasteiger partial charge in [0.1, 0.15) is 0 Å². The molecule has 2 aliphatic heterocycles. The van der Waals surface area contributed by atoms with Crippen LogP contribution in [0, 0.1) is 0 Å². The topological polar surface area (TPSA) is 73.8 Å². The lowest BCUT2D eigenvalue weighted by Gasteiger charge is -2.32. The van der Waals surface area contributed by atoms with Crippen LogP contribution in [0.5, 0.6) is 0 Å². The molecule has 0 N–H and O–H groups in total. The molecule has 2 saturated heterocycles. The first-order chi connectivity index (χ1) is 20.2. The second-order valence-corrected chi connectivity index (χ2v) is 14.0. The molecule has 0 amide bonds. The molecule has 0 atom stereocenters. The van der Waals surface area contributed by atoms with Gasteiger partial charge in [-0.1, -0.05) is 36.4 Å². The quantitative estimate of drug-likeness (QED) is 0.271. The first kappa shape index (κ1) is 32.6. The van der Waals surface area contributed by atoms with E-state index in [-0.39, 0.29) is 0 Å². The van der Waals surface area contributed by atoms with Gasteiger partial charge in [-0.05, 0) is 88.6 Å². The number of hydrogen-bond acceptors (Lipinski definition) is 8. The molecular weight excluding hydrogens is 546 g/mol. The molecule has 3 aliphatic rings. The van der Waals surface area contributed by atoms with E-state index >= 15 is 0 Å². The lowest BCUT2D eigenvalue weighted by atomic mass is 9.72. The van der Waals surface area contributed by atoms with Crippen molar-refractivity contribution in [3.8, 4) is 11.1 Å². The van der Waals surface area contributed by atoms with Crippen molar-refractivity contribution < 1.29 is 37.6 Å². The van der Waals surface area contributed by atoms with Gasteiger partial charge in [0.25, 0.3) is 0 Å². The van der Waals surface area contributed by atoms with Crippen molar-refractivity contribution in [3.63, 3.8) is 0 Å². The SMILES string of the molecule is COCCOCC1(COCCOC)c2cc(B3OC(C)(C)C(C)(C)O3)ccc2-c2ccc(B3OC(C)(C)C(C)(C)O3)cc21. The van der Waals surface area contributed by atoms with E-state index in [0.717, 1.165) is 33.2 Å². The Hall–Kier alpha value is -1.75. The largest absolute Gasteiger partial charge is 0.494 e. The zero-order chi connectivity index (χ0) is 31.3. The van der Waals surface area contributed by atoms with Crippen molar-refractivity contribution in [2.24, 2.45) is 0 Å². The number of ether oxygens (including phenoxy) is 4. The fourth-order valence-corrected chi connectivity index (χ4v) is 5.91. The summed E-state index contributed by atoms with van der Waals surface area (Å²) in [5.41, 5.74) is 4.08. The van der Waals surface area contributed by atoms with Crippen molar-refractivity contribution in [2.45, 2.75) is 83.2 Å². The zero-order valence-electron chi connectivity index (χ0n) is 27.6. The molecule has 8 nitrogen and oxygen atoms in total. The minimum absolute atomic E-state index is 0.406. The predicted molar refractivity (Wildman–Crippen MR) is 169 cm³/mol. The van der Waals surface area contributed by atoms with E-state index in [2.05, 4.69) is 91.8 Å². The summed E-state index contributed by atoms with van der Waals surface area (Å²) in [6, 6.07) is 13.0. The molecule has 0 unspecified atom stereocenters. The number of fused-ring (bicyclic) bond motifs is 3.